The molecule has 150 valence electrons. The van der Waals surface area contributed by atoms with Crippen molar-refractivity contribution in [3.63, 3.8) is 0 Å². The van der Waals surface area contributed by atoms with Crippen molar-refractivity contribution in [1.82, 2.24) is 14.9 Å². The smallest absolute Gasteiger partial charge is 0.257 e. The van der Waals surface area contributed by atoms with Crippen LogP contribution in [0.25, 0.3) is 0 Å². The molecule has 29 heavy (non-hydrogen) atoms. The van der Waals surface area contributed by atoms with Gasteiger partial charge in [-0.15, -0.1) is 0 Å². The number of hydrogen-bond acceptors (Lipinski definition) is 5. The van der Waals surface area contributed by atoms with Gasteiger partial charge in [0.15, 0.2) is 0 Å². The van der Waals surface area contributed by atoms with E-state index >= 15 is 0 Å². The van der Waals surface area contributed by atoms with E-state index in [1.54, 1.807) is 12.4 Å². The van der Waals surface area contributed by atoms with Crippen LogP contribution in [0.2, 0.25) is 0 Å². The molecule has 3 rings (SSSR count). The molecule has 0 atom stereocenters. The molecule has 0 spiro atoms. The average molecular weight is 390 g/mol. The maximum absolute atomic E-state index is 13.0. The summed E-state index contributed by atoms with van der Waals surface area (Å²) < 4.78 is 0. The molecule has 6 heteroatoms. The first-order valence-electron chi connectivity index (χ1n) is 9.65. The summed E-state index contributed by atoms with van der Waals surface area (Å²) in [5.41, 5.74) is 3.57. The standard InChI is InChI=1S/C23H27N5O/c1-17(2)28(16-18-8-6-5-7-9-18)22(29)19-14-24-23(25-15-19)26-20-10-12-21(13-11-20)27(3)4/h5-15,17H,16H2,1-4H3,(H,24,25,26). The molecule has 0 aliphatic carbocycles. The second-order valence-corrected chi connectivity index (χ2v) is 7.37. The van der Waals surface area contributed by atoms with Crippen LogP contribution in [-0.2, 0) is 6.54 Å². The zero-order valence-electron chi connectivity index (χ0n) is 17.3. The van der Waals surface area contributed by atoms with Gasteiger partial charge < -0.3 is 15.1 Å². The number of anilines is 3. The van der Waals surface area contributed by atoms with Crippen molar-refractivity contribution in [2.45, 2.75) is 26.4 Å². The molecule has 0 saturated carbocycles. The third kappa shape index (κ3) is 5.31. The molecule has 2 aromatic carbocycles. The van der Waals surface area contributed by atoms with Crippen LogP contribution < -0.4 is 10.2 Å². The lowest BCUT2D eigenvalue weighted by atomic mass is 10.1. The van der Waals surface area contributed by atoms with Gasteiger partial charge >= 0.3 is 0 Å². The van der Waals surface area contributed by atoms with Crippen LogP contribution in [0.4, 0.5) is 17.3 Å². The predicted octanol–water partition coefficient (Wildman–Crippen LogP) is 4.34. The Balaban J connectivity index is 1.69. The molecule has 1 amide bonds. The number of aromatic nitrogens is 2. The SMILES string of the molecule is CC(C)N(Cc1ccccc1)C(=O)c1cnc(Nc2ccc(N(C)C)cc2)nc1. The van der Waals surface area contributed by atoms with Gasteiger partial charge in [0.2, 0.25) is 5.95 Å². The molecule has 0 bridgehead atoms. The minimum atomic E-state index is -0.0780. The van der Waals surface area contributed by atoms with Gasteiger partial charge in [-0.2, -0.15) is 0 Å². The van der Waals surface area contributed by atoms with E-state index in [1.807, 2.05) is 92.3 Å². The third-order valence-electron chi connectivity index (χ3n) is 4.62. The van der Waals surface area contributed by atoms with Gasteiger partial charge in [-0.05, 0) is 43.7 Å². The highest BCUT2D eigenvalue weighted by Crippen LogP contribution is 2.18. The molecule has 0 unspecified atom stereocenters. The summed E-state index contributed by atoms with van der Waals surface area (Å²) in [4.78, 5) is 25.5. The minimum Gasteiger partial charge on any atom is -0.378 e. The number of carbonyl (C=O) groups excluding carboxylic acids is 1. The number of hydrogen-bond donors (Lipinski definition) is 1. The van der Waals surface area contributed by atoms with E-state index in [-0.39, 0.29) is 11.9 Å². The summed E-state index contributed by atoms with van der Waals surface area (Å²) in [7, 11) is 4.00. The van der Waals surface area contributed by atoms with Gasteiger partial charge in [0.25, 0.3) is 5.91 Å². The Morgan fingerprint density at radius 1 is 0.966 bits per heavy atom. The lowest BCUT2D eigenvalue weighted by Gasteiger charge is -2.26. The second kappa shape index (κ2) is 9.19. The van der Waals surface area contributed by atoms with Crippen molar-refractivity contribution in [3.05, 3.63) is 78.1 Å². The van der Waals surface area contributed by atoms with Gasteiger partial charge in [-0.3, -0.25) is 4.79 Å². The molecule has 3 aromatic rings. The zero-order valence-corrected chi connectivity index (χ0v) is 17.3. The fourth-order valence-corrected chi connectivity index (χ4v) is 2.91. The molecule has 1 N–H and O–H groups in total. The number of nitrogens with one attached hydrogen (secondary N) is 1. The van der Waals surface area contributed by atoms with E-state index < -0.39 is 0 Å². The highest BCUT2D eigenvalue weighted by Gasteiger charge is 2.20. The molecule has 0 radical (unpaired) electrons. The van der Waals surface area contributed by atoms with Crippen molar-refractivity contribution >= 4 is 23.2 Å². The maximum Gasteiger partial charge on any atom is 0.257 e. The quantitative estimate of drug-likeness (QED) is 0.651. The van der Waals surface area contributed by atoms with Gasteiger partial charge in [-0.25, -0.2) is 9.97 Å². The summed E-state index contributed by atoms with van der Waals surface area (Å²) in [6.07, 6.45) is 3.15. The average Bonchev–Trinajstić information content (AvgIpc) is 2.73. The van der Waals surface area contributed by atoms with Crippen LogP contribution in [-0.4, -0.2) is 40.9 Å². The van der Waals surface area contributed by atoms with Crippen molar-refractivity contribution in [1.29, 1.82) is 0 Å². The van der Waals surface area contributed by atoms with Crippen molar-refractivity contribution in [2.75, 3.05) is 24.3 Å². The largest absolute Gasteiger partial charge is 0.378 e. The lowest BCUT2D eigenvalue weighted by Crippen LogP contribution is -2.36. The van der Waals surface area contributed by atoms with Crippen LogP contribution in [0.1, 0.15) is 29.8 Å². The molecular weight excluding hydrogens is 362 g/mol. The van der Waals surface area contributed by atoms with Crippen LogP contribution in [0.5, 0.6) is 0 Å². The Morgan fingerprint density at radius 3 is 2.14 bits per heavy atom. The summed E-state index contributed by atoms with van der Waals surface area (Å²) in [5, 5.41) is 3.16. The zero-order chi connectivity index (χ0) is 20.8. The second-order valence-electron chi connectivity index (χ2n) is 7.37. The van der Waals surface area contributed by atoms with E-state index in [0.29, 0.717) is 18.1 Å². The monoisotopic (exact) mass is 389 g/mol. The molecule has 0 saturated heterocycles. The summed E-state index contributed by atoms with van der Waals surface area (Å²) >= 11 is 0. The van der Waals surface area contributed by atoms with E-state index in [9.17, 15) is 4.79 Å². The minimum absolute atomic E-state index is 0.0655. The highest BCUT2D eigenvalue weighted by atomic mass is 16.2. The van der Waals surface area contributed by atoms with Gasteiger partial charge in [0, 0.05) is 50.5 Å². The fraction of sp³-hybridized carbons (Fsp3) is 0.261. The maximum atomic E-state index is 13.0. The van der Waals surface area contributed by atoms with Crippen LogP contribution >= 0.6 is 0 Å². The Labute approximate surface area is 172 Å². The number of nitrogens with zero attached hydrogens (tertiary/aromatic N) is 4. The van der Waals surface area contributed by atoms with Crippen LogP contribution in [0.15, 0.2) is 67.0 Å². The van der Waals surface area contributed by atoms with Crippen molar-refractivity contribution in [3.8, 4) is 0 Å². The molecule has 6 nitrogen and oxygen atoms in total. The summed E-state index contributed by atoms with van der Waals surface area (Å²) in [5.74, 6) is 0.379. The number of rotatable bonds is 7. The molecule has 1 heterocycles. The highest BCUT2D eigenvalue weighted by molar-refractivity contribution is 5.93. The van der Waals surface area contributed by atoms with Gasteiger partial charge in [0.05, 0.1) is 5.56 Å². The Hall–Kier alpha value is -3.41. The molecule has 0 aliphatic heterocycles. The number of carbonyl (C=O) groups is 1. The first-order chi connectivity index (χ1) is 13.9. The third-order valence-corrected chi connectivity index (χ3v) is 4.62. The fourth-order valence-electron chi connectivity index (χ4n) is 2.91. The topological polar surface area (TPSA) is 61.4 Å². The normalized spacial score (nSPS) is 10.7. The lowest BCUT2D eigenvalue weighted by molar-refractivity contribution is 0.0689. The van der Waals surface area contributed by atoms with E-state index in [1.165, 1.54) is 0 Å². The predicted molar refractivity (Wildman–Crippen MR) is 118 cm³/mol. The first-order valence-corrected chi connectivity index (χ1v) is 9.65. The van der Waals surface area contributed by atoms with Gasteiger partial charge in [0.1, 0.15) is 0 Å². The van der Waals surface area contributed by atoms with Crippen molar-refractivity contribution in [2.24, 2.45) is 0 Å². The van der Waals surface area contributed by atoms with Crippen molar-refractivity contribution < 1.29 is 4.79 Å². The van der Waals surface area contributed by atoms with E-state index in [0.717, 1.165) is 16.9 Å². The van der Waals surface area contributed by atoms with Crippen LogP contribution in [0.3, 0.4) is 0 Å². The Morgan fingerprint density at radius 2 is 1.59 bits per heavy atom. The molecule has 0 aliphatic rings. The summed E-state index contributed by atoms with van der Waals surface area (Å²) in [6.45, 7) is 4.57. The first kappa shape index (κ1) is 20.3. The molecule has 1 aromatic heterocycles. The van der Waals surface area contributed by atoms with E-state index in [2.05, 4.69) is 15.3 Å². The Kier molecular flexibility index (Phi) is 6.44. The molecule has 0 fully saturated rings. The van der Waals surface area contributed by atoms with Crippen LogP contribution in [0, 0.1) is 0 Å². The number of benzene rings is 2. The van der Waals surface area contributed by atoms with Gasteiger partial charge in [-0.1, -0.05) is 30.3 Å². The summed E-state index contributed by atoms with van der Waals surface area (Å²) in [6, 6.07) is 18.0. The van der Waals surface area contributed by atoms with E-state index in [4.69, 9.17) is 0 Å². The molecular formula is C23H27N5O. The Bertz CT molecular complexity index is 922. The number of amides is 1.